The van der Waals surface area contributed by atoms with Gasteiger partial charge in [0.25, 0.3) is 0 Å². The molecule has 3 N–H and O–H groups in total. The Hall–Kier alpha value is -1.74. The molecule has 2 aromatic rings. The van der Waals surface area contributed by atoms with Crippen LogP contribution in [0, 0.1) is 6.92 Å². The normalized spacial score (nSPS) is 9.31. The van der Waals surface area contributed by atoms with Crippen LogP contribution in [0.3, 0.4) is 0 Å². The molecule has 0 aliphatic heterocycles. The Labute approximate surface area is 101 Å². The SMILES string of the molecule is Cc1ccc(Nc2ncccc2N)cc1.Cl. The zero-order valence-electron chi connectivity index (χ0n) is 8.97. The average molecular weight is 236 g/mol. The van der Waals surface area contributed by atoms with Gasteiger partial charge in [-0.05, 0) is 31.2 Å². The van der Waals surface area contributed by atoms with Crippen LogP contribution < -0.4 is 11.1 Å². The smallest absolute Gasteiger partial charge is 0.153 e. The Balaban J connectivity index is 0.00000128. The minimum Gasteiger partial charge on any atom is -0.396 e. The van der Waals surface area contributed by atoms with Crippen LogP contribution in [0.2, 0.25) is 0 Å². The molecule has 3 nitrogen and oxygen atoms in total. The van der Waals surface area contributed by atoms with Crippen LogP contribution in [0.1, 0.15) is 5.56 Å². The van der Waals surface area contributed by atoms with E-state index in [9.17, 15) is 0 Å². The Kier molecular flexibility index (Phi) is 4.14. The Morgan fingerprint density at radius 1 is 1.12 bits per heavy atom. The van der Waals surface area contributed by atoms with Crippen LogP contribution in [0.4, 0.5) is 17.2 Å². The highest BCUT2D eigenvalue weighted by atomic mass is 35.5. The monoisotopic (exact) mass is 235 g/mol. The van der Waals surface area contributed by atoms with Gasteiger partial charge in [-0.2, -0.15) is 0 Å². The highest BCUT2D eigenvalue weighted by Gasteiger charge is 1.98. The first-order valence-electron chi connectivity index (χ1n) is 4.80. The van der Waals surface area contributed by atoms with Gasteiger partial charge in [-0.15, -0.1) is 12.4 Å². The van der Waals surface area contributed by atoms with Crippen LogP contribution in [0.15, 0.2) is 42.6 Å². The molecule has 0 unspecified atom stereocenters. The van der Waals surface area contributed by atoms with E-state index in [1.165, 1.54) is 5.56 Å². The van der Waals surface area contributed by atoms with Crippen molar-refractivity contribution in [1.82, 2.24) is 4.98 Å². The van der Waals surface area contributed by atoms with Crippen molar-refractivity contribution in [3.05, 3.63) is 48.2 Å². The molecule has 0 fully saturated rings. The van der Waals surface area contributed by atoms with Crippen molar-refractivity contribution in [2.75, 3.05) is 11.1 Å². The molecule has 1 heterocycles. The van der Waals surface area contributed by atoms with E-state index in [1.54, 1.807) is 6.20 Å². The first kappa shape index (κ1) is 12.3. The maximum Gasteiger partial charge on any atom is 0.153 e. The topological polar surface area (TPSA) is 50.9 Å². The van der Waals surface area contributed by atoms with E-state index in [2.05, 4.69) is 17.2 Å². The number of aryl methyl sites for hydroxylation is 1. The summed E-state index contributed by atoms with van der Waals surface area (Å²) in [6.45, 7) is 2.05. The number of pyridine rings is 1. The van der Waals surface area contributed by atoms with E-state index in [1.807, 2.05) is 36.4 Å². The average Bonchev–Trinajstić information content (AvgIpc) is 2.25. The lowest BCUT2D eigenvalue weighted by molar-refractivity contribution is 1.31. The number of nitrogen functional groups attached to an aromatic ring is 1. The van der Waals surface area contributed by atoms with Crippen molar-refractivity contribution in [2.24, 2.45) is 0 Å². The van der Waals surface area contributed by atoms with Crippen molar-refractivity contribution in [1.29, 1.82) is 0 Å². The minimum atomic E-state index is 0. The molecule has 0 saturated heterocycles. The van der Waals surface area contributed by atoms with Crippen LogP contribution in [0.5, 0.6) is 0 Å². The minimum absolute atomic E-state index is 0. The lowest BCUT2D eigenvalue weighted by atomic mass is 10.2. The number of nitrogens with zero attached hydrogens (tertiary/aromatic N) is 1. The van der Waals surface area contributed by atoms with Crippen molar-refractivity contribution < 1.29 is 0 Å². The van der Waals surface area contributed by atoms with E-state index in [0.29, 0.717) is 11.5 Å². The zero-order valence-corrected chi connectivity index (χ0v) is 9.79. The second-order valence-electron chi connectivity index (χ2n) is 3.43. The molecule has 84 valence electrons. The fraction of sp³-hybridized carbons (Fsp3) is 0.0833. The largest absolute Gasteiger partial charge is 0.396 e. The van der Waals surface area contributed by atoms with Gasteiger partial charge in [0.1, 0.15) is 0 Å². The second kappa shape index (κ2) is 5.37. The second-order valence-corrected chi connectivity index (χ2v) is 3.43. The molecule has 2 rings (SSSR count). The van der Waals surface area contributed by atoms with E-state index >= 15 is 0 Å². The molecule has 0 radical (unpaired) electrons. The van der Waals surface area contributed by atoms with Gasteiger partial charge < -0.3 is 11.1 Å². The van der Waals surface area contributed by atoms with Crippen molar-refractivity contribution in [3.63, 3.8) is 0 Å². The molecule has 0 aliphatic rings. The third-order valence-electron chi connectivity index (χ3n) is 2.15. The quantitative estimate of drug-likeness (QED) is 0.841. The Morgan fingerprint density at radius 3 is 2.44 bits per heavy atom. The van der Waals surface area contributed by atoms with Crippen LogP contribution in [-0.2, 0) is 0 Å². The Morgan fingerprint density at radius 2 is 1.81 bits per heavy atom. The van der Waals surface area contributed by atoms with Crippen LogP contribution in [0.25, 0.3) is 0 Å². The number of benzene rings is 1. The molecule has 1 aromatic heterocycles. The van der Waals surface area contributed by atoms with Crippen molar-refractivity contribution in [2.45, 2.75) is 6.92 Å². The first-order chi connectivity index (χ1) is 7.25. The summed E-state index contributed by atoms with van der Waals surface area (Å²) in [6, 6.07) is 11.7. The predicted molar refractivity (Wildman–Crippen MR) is 70.4 cm³/mol. The number of hydrogen-bond acceptors (Lipinski definition) is 3. The first-order valence-corrected chi connectivity index (χ1v) is 4.80. The molecule has 1 aromatic carbocycles. The van der Waals surface area contributed by atoms with Gasteiger partial charge in [0.15, 0.2) is 5.82 Å². The molecule has 0 saturated carbocycles. The van der Waals surface area contributed by atoms with Gasteiger partial charge >= 0.3 is 0 Å². The predicted octanol–water partition coefficient (Wildman–Crippen LogP) is 3.14. The van der Waals surface area contributed by atoms with Gasteiger partial charge in [0.2, 0.25) is 0 Å². The van der Waals surface area contributed by atoms with Gasteiger partial charge in [0.05, 0.1) is 5.69 Å². The number of aromatic nitrogens is 1. The number of hydrogen-bond donors (Lipinski definition) is 2. The maximum absolute atomic E-state index is 5.77. The fourth-order valence-corrected chi connectivity index (χ4v) is 1.30. The summed E-state index contributed by atoms with van der Waals surface area (Å²) >= 11 is 0. The molecule has 0 spiro atoms. The summed E-state index contributed by atoms with van der Waals surface area (Å²) < 4.78 is 0. The summed E-state index contributed by atoms with van der Waals surface area (Å²) in [5, 5.41) is 3.16. The molecule has 0 bridgehead atoms. The van der Waals surface area contributed by atoms with Crippen molar-refractivity contribution >= 4 is 29.6 Å². The van der Waals surface area contributed by atoms with E-state index in [4.69, 9.17) is 5.73 Å². The number of nitrogens with one attached hydrogen (secondary N) is 1. The van der Waals surface area contributed by atoms with Crippen LogP contribution >= 0.6 is 12.4 Å². The fourth-order valence-electron chi connectivity index (χ4n) is 1.30. The summed E-state index contributed by atoms with van der Waals surface area (Å²) in [5.41, 5.74) is 8.65. The third-order valence-corrected chi connectivity index (χ3v) is 2.15. The van der Waals surface area contributed by atoms with E-state index < -0.39 is 0 Å². The van der Waals surface area contributed by atoms with Gasteiger partial charge in [-0.1, -0.05) is 17.7 Å². The lowest BCUT2D eigenvalue weighted by Crippen LogP contribution is -1.98. The number of rotatable bonds is 2. The molecule has 16 heavy (non-hydrogen) atoms. The molecular weight excluding hydrogens is 222 g/mol. The lowest BCUT2D eigenvalue weighted by Gasteiger charge is -2.07. The number of nitrogens with two attached hydrogens (primary N) is 1. The highest BCUT2D eigenvalue weighted by Crippen LogP contribution is 2.19. The standard InChI is InChI=1S/C12H13N3.ClH/c1-9-4-6-10(7-5-9)15-12-11(13)3-2-8-14-12;/h2-8H,13H2,1H3,(H,14,15);1H. The molecule has 4 heteroatoms. The van der Waals surface area contributed by atoms with Crippen LogP contribution in [-0.4, -0.2) is 4.98 Å². The van der Waals surface area contributed by atoms with Gasteiger partial charge in [-0.25, -0.2) is 4.98 Å². The van der Waals surface area contributed by atoms with E-state index in [-0.39, 0.29) is 12.4 Å². The number of anilines is 3. The summed E-state index contributed by atoms with van der Waals surface area (Å²) in [6.07, 6.45) is 1.72. The zero-order chi connectivity index (χ0) is 10.7. The molecule has 0 atom stereocenters. The van der Waals surface area contributed by atoms with Gasteiger partial charge in [0, 0.05) is 11.9 Å². The maximum atomic E-state index is 5.77. The summed E-state index contributed by atoms with van der Waals surface area (Å²) in [7, 11) is 0. The summed E-state index contributed by atoms with van der Waals surface area (Å²) in [5.74, 6) is 0.696. The molecular formula is C12H14ClN3. The summed E-state index contributed by atoms with van der Waals surface area (Å²) in [4.78, 5) is 4.16. The molecule has 0 amide bonds. The Bertz CT molecular complexity index is 454. The third kappa shape index (κ3) is 2.87. The number of halogens is 1. The molecule has 0 aliphatic carbocycles. The highest BCUT2D eigenvalue weighted by molar-refractivity contribution is 5.85. The van der Waals surface area contributed by atoms with Gasteiger partial charge in [-0.3, -0.25) is 0 Å². The van der Waals surface area contributed by atoms with Crippen molar-refractivity contribution in [3.8, 4) is 0 Å². The van der Waals surface area contributed by atoms with E-state index in [0.717, 1.165) is 5.69 Å².